The molecule has 2 N–H and O–H groups in total. The average molecular weight is 531 g/mol. The van der Waals surface area contributed by atoms with Crippen molar-refractivity contribution in [2.45, 2.75) is 87.5 Å². The summed E-state index contributed by atoms with van der Waals surface area (Å²) < 4.78 is 40.3. The Labute approximate surface area is 222 Å². The van der Waals surface area contributed by atoms with Crippen LogP contribution in [0, 0.1) is 0 Å². The van der Waals surface area contributed by atoms with Crippen molar-refractivity contribution < 1.29 is 22.8 Å². The third-order valence-corrected chi connectivity index (χ3v) is 7.97. The van der Waals surface area contributed by atoms with Crippen LogP contribution < -0.4 is 15.5 Å². The molecule has 2 aromatic rings. The fourth-order valence-corrected chi connectivity index (χ4v) is 5.47. The average Bonchev–Trinajstić information content (AvgIpc) is 3.59. The van der Waals surface area contributed by atoms with Crippen LogP contribution in [0.4, 0.5) is 18.9 Å². The molecule has 1 aromatic carbocycles. The van der Waals surface area contributed by atoms with Gasteiger partial charge in [0.1, 0.15) is 12.3 Å². The first-order chi connectivity index (χ1) is 18.2. The van der Waals surface area contributed by atoms with Gasteiger partial charge in [0, 0.05) is 36.7 Å². The third-order valence-electron chi connectivity index (χ3n) is 7.97. The highest BCUT2D eigenvalue weighted by molar-refractivity contribution is 5.86. The summed E-state index contributed by atoms with van der Waals surface area (Å²) in [6.07, 6.45) is 7.89. The van der Waals surface area contributed by atoms with E-state index < -0.39 is 17.6 Å². The molecule has 206 valence electrons. The maximum Gasteiger partial charge on any atom is 0.398 e. The first-order valence-electron chi connectivity index (χ1n) is 13.5. The van der Waals surface area contributed by atoms with Gasteiger partial charge < -0.3 is 20.3 Å². The lowest BCUT2D eigenvalue weighted by Crippen LogP contribution is -2.44. The Morgan fingerprint density at radius 1 is 1.11 bits per heavy atom. The zero-order valence-electron chi connectivity index (χ0n) is 21.8. The normalized spacial score (nSPS) is 21.5. The predicted octanol–water partition coefficient (Wildman–Crippen LogP) is 5.24. The monoisotopic (exact) mass is 530 g/mol. The van der Waals surface area contributed by atoms with Crippen molar-refractivity contribution in [2.24, 2.45) is 0 Å². The molecule has 0 radical (unpaired) electrons. The number of rotatable bonds is 7. The van der Waals surface area contributed by atoms with Gasteiger partial charge in [-0.3, -0.25) is 9.78 Å². The van der Waals surface area contributed by atoms with E-state index in [2.05, 4.69) is 15.6 Å². The Hall–Kier alpha value is -2.94. The quantitative estimate of drug-likeness (QED) is 0.479. The topological polar surface area (TPSA) is 74.3 Å². The van der Waals surface area contributed by atoms with Crippen LogP contribution in [-0.4, -0.2) is 49.0 Å². The van der Waals surface area contributed by atoms with Gasteiger partial charge in [0.15, 0.2) is 0 Å². The van der Waals surface area contributed by atoms with Crippen LogP contribution in [0.1, 0.15) is 75.0 Å². The summed E-state index contributed by atoms with van der Waals surface area (Å²) in [7, 11) is 1.80. The Balaban J connectivity index is 0.000000417. The van der Waals surface area contributed by atoms with Crippen LogP contribution in [0.15, 0.2) is 48.8 Å². The van der Waals surface area contributed by atoms with E-state index >= 15 is 0 Å². The van der Waals surface area contributed by atoms with E-state index in [0.717, 1.165) is 56.9 Å². The SMILES string of the molecule is CN(c1ccc(C2(C(F)(F)F)CC2)cc1)C(C(=O)NC1CCCCC1)c1cccnc1.O=CC1CCCN1. The lowest BCUT2D eigenvalue weighted by molar-refractivity contribution is -0.160. The van der Waals surface area contributed by atoms with E-state index in [1.807, 2.05) is 11.0 Å². The van der Waals surface area contributed by atoms with Gasteiger partial charge in [0.2, 0.25) is 5.91 Å². The minimum Gasteiger partial charge on any atom is -0.359 e. The molecular weight excluding hydrogens is 493 g/mol. The van der Waals surface area contributed by atoms with Gasteiger partial charge in [0.25, 0.3) is 0 Å². The van der Waals surface area contributed by atoms with E-state index in [9.17, 15) is 22.8 Å². The second-order valence-corrected chi connectivity index (χ2v) is 10.6. The summed E-state index contributed by atoms with van der Waals surface area (Å²) in [5.41, 5.74) is 0.0260. The molecule has 2 aliphatic carbocycles. The van der Waals surface area contributed by atoms with Crippen molar-refractivity contribution in [2.75, 3.05) is 18.5 Å². The van der Waals surface area contributed by atoms with Crippen molar-refractivity contribution in [1.82, 2.24) is 15.6 Å². The molecule has 3 fully saturated rings. The van der Waals surface area contributed by atoms with Gasteiger partial charge in [-0.25, -0.2) is 0 Å². The summed E-state index contributed by atoms with van der Waals surface area (Å²) in [6.45, 7) is 1.02. The predicted molar refractivity (Wildman–Crippen MR) is 141 cm³/mol. The number of carbonyl (C=O) groups is 2. The number of pyridine rings is 1. The molecule has 6 nitrogen and oxygen atoms in total. The number of carbonyl (C=O) groups excluding carboxylic acids is 2. The fraction of sp³-hybridized carbons (Fsp3) is 0.552. The molecule has 1 aliphatic heterocycles. The van der Waals surface area contributed by atoms with Crippen LogP contribution in [0.25, 0.3) is 0 Å². The number of likely N-dealkylation sites (N-methyl/N-ethyl adjacent to an activating group) is 1. The maximum atomic E-state index is 13.4. The maximum absolute atomic E-state index is 13.4. The molecule has 1 aromatic heterocycles. The van der Waals surface area contributed by atoms with E-state index in [1.165, 1.54) is 6.42 Å². The molecular formula is C29H37F3N4O2. The van der Waals surface area contributed by atoms with Gasteiger partial charge in [-0.2, -0.15) is 13.2 Å². The largest absolute Gasteiger partial charge is 0.398 e. The first kappa shape index (κ1) is 28.1. The molecule has 5 rings (SSSR count). The lowest BCUT2D eigenvalue weighted by atomic mass is 9.94. The van der Waals surface area contributed by atoms with Gasteiger partial charge in [-0.1, -0.05) is 37.5 Å². The minimum absolute atomic E-state index is 0.111. The number of amides is 1. The van der Waals surface area contributed by atoms with E-state index in [-0.39, 0.29) is 30.8 Å². The molecule has 2 saturated carbocycles. The highest BCUT2D eigenvalue weighted by atomic mass is 19.4. The van der Waals surface area contributed by atoms with Crippen LogP contribution in [0.2, 0.25) is 0 Å². The fourth-order valence-electron chi connectivity index (χ4n) is 5.47. The Kier molecular flexibility index (Phi) is 9.07. The lowest BCUT2D eigenvalue weighted by Gasteiger charge is -2.32. The van der Waals surface area contributed by atoms with Gasteiger partial charge in [-0.15, -0.1) is 0 Å². The number of aldehydes is 1. The van der Waals surface area contributed by atoms with Crippen LogP contribution in [-0.2, 0) is 15.0 Å². The number of nitrogens with zero attached hydrogens (tertiary/aromatic N) is 2. The highest BCUT2D eigenvalue weighted by Crippen LogP contribution is 2.59. The van der Waals surface area contributed by atoms with E-state index in [0.29, 0.717) is 11.3 Å². The molecule has 38 heavy (non-hydrogen) atoms. The third kappa shape index (κ3) is 6.54. The molecule has 2 unspecified atom stereocenters. The van der Waals surface area contributed by atoms with Crippen molar-refractivity contribution in [1.29, 1.82) is 0 Å². The summed E-state index contributed by atoms with van der Waals surface area (Å²) in [6, 6.07) is 9.81. The Morgan fingerprint density at radius 3 is 2.32 bits per heavy atom. The zero-order valence-corrected chi connectivity index (χ0v) is 21.8. The van der Waals surface area contributed by atoms with Crippen LogP contribution in [0.3, 0.4) is 0 Å². The second kappa shape index (κ2) is 12.3. The summed E-state index contributed by atoms with van der Waals surface area (Å²) in [5, 5.41) is 6.21. The highest BCUT2D eigenvalue weighted by Gasteiger charge is 2.64. The minimum atomic E-state index is -4.24. The number of nitrogens with one attached hydrogen (secondary N) is 2. The molecule has 2 heterocycles. The summed E-state index contributed by atoms with van der Waals surface area (Å²) in [4.78, 5) is 29.2. The number of alkyl halides is 3. The van der Waals surface area contributed by atoms with Gasteiger partial charge >= 0.3 is 6.18 Å². The van der Waals surface area contributed by atoms with Crippen molar-refractivity contribution >= 4 is 17.9 Å². The van der Waals surface area contributed by atoms with Crippen LogP contribution in [0.5, 0.6) is 0 Å². The van der Waals surface area contributed by atoms with Gasteiger partial charge in [0.05, 0.1) is 11.5 Å². The molecule has 1 saturated heterocycles. The smallest absolute Gasteiger partial charge is 0.359 e. The number of anilines is 1. The molecule has 2 atom stereocenters. The van der Waals surface area contributed by atoms with E-state index in [4.69, 9.17) is 0 Å². The van der Waals surface area contributed by atoms with E-state index in [1.54, 1.807) is 49.8 Å². The molecule has 9 heteroatoms. The van der Waals surface area contributed by atoms with Crippen molar-refractivity contribution in [3.63, 3.8) is 0 Å². The van der Waals surface area contributed by atoms with Crippen molar-refractivity contribution in [3.8, 4) is 0 Å². The second-order valence-electron chi connectivity index (χ2n) is 10.6. The summed E-state index contributed by atoms with van der Waals surface area (Å²) in [5.74, 6) is -0.111. The zero-order chi connectivity index (χ0) is 27.2. The molecule has 1 amide bonds. The number of hydrogen-bond donors (Lipinski definition) is 2. The van der Waals surface area contributed by atoms with Crippen molar-refractivity contribution in [3.05, 3.63) is 59.9 Å². The number of halogens is 3. The number of benzene rings is 1. The summed E-state index contributed by atoms with van der Waals surface area (Å²) >= 11 is 0. The Morgan fingerprint density at radius 2 is 1.82 bits per heavy atom. The molecule has 0 bridgehead atoms. The number of hydrogen-bond acceptors (Lipinski definition) is 5. The standard InChI is InChI=1S/C24H28F3N3O.C5H9NO/c1-30(20-11-9-18(10-12-20)23(13-14-23)24(25,26)27)21(17-6-5-15-28-16-17)22(31)29-19-7-3-2-4-8-19;7-4-5-2-1-3-6-5/h5-6,9-12,15-16,19,21H,2-4,7-8,13-14H2,1H3,(H,29,31);4-6H,1-3H2. The van der Waals surface area contributed by atoms with Crippen LogP contribution >= 0.6 is 0 Å². The first-order valence-corrected chi connectivity index (χ1v) is 13.5. The Bertz CT molecular complexity index is 1050. The number of aromatic nitrogens is 1. The molecule has 3 aliphatic rings. The molecule has 0 spiro atoms. The van der Waals surface area contributed by atoms with Gasteiger partial charge in [-0.05, 0) is 68.8 Å².